The zero-order valence-corrected chi connectivity index (χ0v) is 22.0. The van der Waals surface area contributed by atoms with Gasteiger partial charge in [-0.05, 0) is 42.6 Å². The summed E-state index contributed by atoms with van der Waals surface area (Å²) in [5, 5.41) is -1.19. The van der Waals surface area contributed by atoms with Crippen molar-refractivity contribution in [1.82, 2.24) is 0 Å². The molecule has 2 saturated carbocycles. The van der Waals surface area contributed by atoms with Crippen LogP contribution in [-0.2, 0) is 24.4 Å². The van der Waals surface area contributed by atoms with Crippen LogP contribution in [0.25, 0.3) is 0 Å². The van der Waals surface area contributed by atoms with E-state index in [0.29, 0.717) is 6.42 Å². The van der Waals surface area contributed by atoms with Gasteiger partial charge < -0.3 is 9.47 Å². The Morgan fingerprint density at radius 1 is 1.09 bits per heavy atom. The Morgan fingerprint density at radius 3 is 2.15 bits per heavy atom. The zero-order chi connectivity index (χ0) is 25.4. The maximum Gasteiger partial charge on any atom is 0.275 e. The number of carbonyl (C=O) groups is 1. The number of ketones is 1. The lowest BCUT2D eigenvalue weighted by Crippen LogP contribution is -2.43. The molecule has 3 aliphatic rings. The van der Waals surface area contributed by atoms with Crippen molar-refractivity contribution in [1.29, 1.82) is 0 Å². The predicted octanol–water partition coefficient (Wildman–Crippen LogP) is 5.02. The lowest BCUT2D eigenvalue weighted by Gasteiger charge is -2.40. The summed E-state index contributed by atoms with van der Waals surface area (Å²) in [5.41, 5.74) is 1.52. The SMILES string of the molecule is CC12CCC(C(S(=O)(=O)O)C1=O)C2(C)C.CCCC1=NC(c2ccccc2)C(OC)(OC)CC1. The molecule has 4 rings (SSSR count). The van der Waals surface area contributed by atoms with E-state index >= 15 is 0 Å². The van der Waals surface area contributed by atoms with Crippen LogP contribution in [0.3, 0.4) is 0 Å². The van der Waals surface area contributed by atoms with Gasteiger partial charge in [0.05, 0.1) is 0 Å². The number of hydrogen-bond acceptors (Lipinski definition) is 6. The Balaban J connectivity index is 0.000000196. The highest BCUT2D eigenvalue weighted by Gasteiger charge is 2.69. The van der Waals surface area contributed by atoms with E-state index < -0.39 is 26.6 Å². The summed E-state index contributed by atoms with van der Waals surface area (Å²) in [4.78, 5) is 16.9. The van der Waals surface area contributed by atoms with E-state index in [4.69, 9.17) is 19.0 Å². The van der Waals surface area contributed by atoms with Crippen LogP contribution in [0, 0.1) is 16.7 Å². The van der Waals surface area contributed by atoms with E-state index in [0.717, 1.165) is 37.7 Å². The van der Waals surface area contributed by atoms with E-state index in [2.05, 4.69) is 19.1 Å². The Hall–Kier alpha value is -1.61. The number of aliphatic imine (C=N–C) groups is 1. The van der Waals surface area contributed by atoms with Crippen molar-refractivity contribution in [3.05, 3.63) is 35.9 Å². The highest BCUT2D eigenvalue weighted by molar-refractivity contribution is 7.87. The van der Waals surface area contributed by atoms with E-state index in [-0.39, 0.29) is 23.2 Å². The van der Waals surface area contributed by atoms with Crippen LogP contribution in [0.2, 0.25) is 0 Å². The Bertz CT molecular complexity index is 1010. The molecule has 0 radical (unpaired) electrons. The fourth-order valence-electron chi connectivity index (χ4n) is 6.10. The molecule has 8 heteroatoms. The first-order chi connectivity index (χ1) is 15.9. The van der Waals surface area contributed by atoms with E-state index in [1.165, 1.54) is 5.71 Å². The van der Waals surface area contributed by atoms with Gasteiger partial charge in [0.2, 0.25) is 0 Å². The molecule has 1 aromatic rings. The molecule has 0 amide bonds. The third kappa shape index (κ3) is 4.50. The summed E-state index contributed by atoms with van der Waals surface area (Å²) in [6, 6.07) is 10.2. The van der Waals surface area contributed by atoms with Gasteiger partial charge in [-0.25, -0.2) is 0 Å². The molecule has 7 nitrogen and oxygen atoms in total. The second-order valence-corrected chi connectivity index (χ2v) is 12.0. The fourth-order valence-corrected chi connectivity index (χ4v) is 7.52. The monoisotopic (exact) mass is 493 g/mol. The van der Waals surface area contributed by atoms with Crippen molar-refractivity contribution in [2.24, 2.45) is 21.7 Å². The van der Waals surface area contributed by atoms with Crippen molar-refractivity contribution < 1.29 is 27.2 Å². The minimum atomic E-state index is -4.24. The predicted molar refractivity (Wildman–Crippen MR) is 132 cm³/mol. The van der Waals surface area contributed by atoms with Gasteiger partial charge in [-0.15, -0.1) is 0 Å². The zero-order valence-electron chi connectivity index (χ0n) is 21.2. The van der Waals surface area contributed by atoms with Gasteiger partial charge in [0, 0.05) is 31.8 Å². The summed E-state index contributed by atoms with van der Waals surface area (Å²) in [6.45, 7) is 7.86. The lowest BCUT2D eigenvalue weighted by molar-refractivity contribution is -0.226. The lowest BCUT2D eigenvalue weighted by atomic mass is 9.70. The number of Topliss-reactive ketones (excluding diaryl/α,β-unsaturated/α-hetero) is 1. The maximum atomic E-state index is 12.0. The first-order valence-corrected chi connectivity index (χ1v) is 13.6. The summed E-state index contributed by atoms with van der Waals surface area (Å²) >= 11 is 0. The van der Waals surface area contributed by atoms with E-state index in [1.807, 2.05) is 39.0 Å². The number of nitrogens with zero attached hydrogens (tertiary/aromatic N) is 1. The average Bonchev–Trinajstić information content (AvgIpc) is 3.12. The van der Waals surface area contributed by atoms with Crippen LogP contribution < -0.4 is 0 Å². The summed E-state index contributed by atoms with van der Waals surface area (Å²) in [5.74, 6) is -1.16. The summed E-state index contributed by atoms with van der Waals surface area (Å²) in [7, 11) is -0.825. The molecule has 0 aromatic heterocycles. The third-order valence-electron chi connectivity index (χ3n) is 8.63. The number of methoxy groups -OCH3 is 2. The van der Waals surface area contributed by atoms with Crippen LogP contribution in [0.1, 0.15) is 77.8 Å². The molecular formula is C26H39NO6S. The molecule has 1 heterocycles. The second kappa shape index (κ2) is 9.80. The highest BCUT2D eigenvalue weighted by Crippen LogP contribution is 2.64. The minimum absolute atomic E-state index is 0.0704. The molecule has 1 N–H and O–H groups in total. The standard InChI is InChI=1S/C16H23NO2.C10H16O4S/c1-4-8-14-11-12-16(18-2,19-3)15(17-14)13-9-6-5-7-10-13;1-9(2)6-4-5-10(9,3)8(11)7(6)15(12,13)14/h5-7,9-10,15H,4,8,11-12H2,1-3H3;6-7H,4-5H2,1-3H3,(H,12,13,14). The molecule has 190 valence electrons. The third-order valence-corrected chi connectivity index (χ3v) is 9.81. The number of ether oxygens (including phenoxy) is 2. The quantitative estimate of drug-likeness (QED) is 0.441. The molecule has 1 aliphatic heterocycles. The Kier molecular flexibility index (Phi) is 7.78. The van der Waals surface area contributed by atoms with Gasteiger partial charge in [0.15, 0.2) is 11.6 Å². The van der Waals surface area contributed by atoms with Gasteiger partial charge in [0.1, 0.15) is 11.3 Å². The van der Waals surface area contributed by atoms with Gasteiger partial charge in [0.25, 0.3) is 10.1 Å². The van der Waals surface area contributed by atoms with Crippen molar-refractivity contribution in [2.75, 3.05) is 14.2 Å². The minimum Gasteiger partial charge on any atom is -0.351 e. The van der Waals surface area contributed by atoms with Crippen LogP contribution in [0.4, 0.5) is 0 Å². The van der Waals surface area contributed by atoms with Crippen molar-refractivity contribution in [2.45, 2.75) is 83.3 Å². The highest BCUT2D eigenvalue weighted by atomic mass is 32.2. The molecule has 2 aliphatic carbocycles. The van der Waals surface area contributed by atoms with Gasteiger partial charge in [-0.3, -0.25) is 14.3 Å². The molecule has 2 fully saturated rings. The summed E-state index contributed by atoms with van der Waals surface area (Å²) < 4.78 is 42.9. The summed E-state index contributed by atoms with van der Waals surface area (Å²) in [6.07, 6.45) is 5.45. The second-order valence-electron chi connectivity index (χ2n) is 10.5. The molecule has 2 bridgehead atoms. The number of hydrogen-bond donors (Lipinski definition) is 1. The Morgan fingerprint density at radius 2 is 1.71 bits per heavy atom. The van der Waals surface area contributed by atoms with Crippen LogP contribution in [-0.4, -0.2) is 49.7 Å². The van der Waals surface area contributed by atoms with Gasteiger partial charge in [-0.2, -0.15) is 8.42 Å². The smallest absolute Gasteiger partial charge is 0.275 e. The van der Waals surface area contributed by atoms with Gasteiger partial charge >= 0.3 is 0 Å². The van der Waals surface area contributed by atoms with Crippen LogP contribution in [0.15, 0.2) is 35.3 Å². The first-order valence-electron chi connectivity index (χ1n) is 12.1. The Labute approximate surface area is 204 Å². The molecule has 1 aromatic carbocycles. The fraction of sp³-hybridized carbons (Fsp3) is 0.692. The number of carbonyl (C=O) groups excluding carboxylic acids is 1. The molecule has 4 unspecified atom stereocenters. The first kappa shape index (κ1) is 27.0. The molecule has 0 saturated heterocycles. The van der Waals surface area contributed by atoms with Crippen LogP contribution in [0.5, 0.6) is 0 Å². The number of fused-ring (bicyclic) bond motifs is 2. The molecule has 34 heavy (non-hydrogen) atoms. The van der Waals surface area contributed by atoms with Gasteiger partial charge in [-0.1, -0.05) is 64.4 Å². The van der Waals surface area contributed by atoms with Crippen LogP contribution >= 0.6 is 0 Å². The van der Waals surface area contributed by atoms with Crippen molar-refractivity contribution in [3.8, 4) is 0 Å². The maximum absolute atomic E-state index is 12.0. The van der Waals surface area contributed by atoms with Crippen molar-refractivity contribution >= 4 is 21.6 Å². The number of benzene rings is 1. The topological polar surface area (TPSA) is 102 Å². The number of rotatable bonds is 6. The largest absolute Gasteiger partial charge is 0.351 e. The van der Waals surface area contributed by atoms with E-state index in [1.54, 1.807) is 14.2 Å². The molecular weight excluding hydrogens is 454 g/mol. The molecule has 4 atom stereocenters. The average molecular weight is 494 g/mol. The van der Waals surface area contributed by atoms with E-state index in [9.17, 15) is 13.2 Å². The van der Waals surface area contributed by atoms with Crippen molar-refractivity contribution in [3.63, 3.8) is 0 Å². The molecule has 0 spiro atoms. The normalized spacial score (nSPS) is 31.6.